The molecule has 0 aliphatic heterocycles. The fourth-order valence-electron chi connectivity index (χ4n) is 1.04. The van der Waals surface area contributed by atoms with Crippen molar-refractivity contribution in [3.63, 3.8) is 0 Å². The van der Waals surface area contributed by atoms with Gasteiger partial charge in [-0.05, 0) is 18.9 Å². The van der Waals surface area contributed by atoms with Crippen molar-refractivity contribution in [2.75, 3.05) is 0 Å². The number of aldehydes is 1. The molecule has 1 atom stereocenters. The zero-order valence-electron chi connectivity index (χ0n) is 7.70. The summed E-state index contributed by atoms with van der Waals surface area (Å²) in [4.78, 5) is 9.88. The normalized spacial score (nSPS) is 13.5. The zero-order chi connectivity index (χ0) is 9.23. The molecule has 0 saturated heterocycles. The number of carbonyl (C=O) groups excluding carboxylic acids is 1. The number of allylic oxidation sites excluding steroid dienone is 1. The molecule has 0 amide bonds. The van der Waals surface area contributed by atoms with Gasteiger partial charge in [0.15, 0.2) is 0 Å². The van der Waals surface area contributed by atoms with E-state index in [-0.39, 0.29) is 6.10 Å². The summed E-state index contributed by atoms with van der Waals surface area (Å²) in [6.45, 7) is 2.14. The Morgan fingerprint density at radius 3 is 2.75 bits per heavy atom. The monoisotopic (exact) mass is 170 g/mol. The number of carbonyl (C=O) groups is 1. The Bertz CT molecular complexity index is 130. The molecule has 1 N–H and O–H groups in total. The molecule has 70 valence electrons. The van der Waals surface area contributed by atoms with Crippen LogP contribution in [-0.4, -0.2) is 17.5 Å². The fourth-order valence-corrected chi connectivity index (χ4v) is 1.04. The van der Waals surface area contributed by atoms with Crippen molar-refractivity contribution in [1.82, 2.24) is 0 Å². The van der Waals surface area contributed by atoms with Gasteiger partial charge in [0.1, 0.15) is 6.29 Å². The van der Waals surface area contributed by atoms with Crippen molar-refractivity contribution in [2.45, 2.75) is 45.1 Å². The summed E-state index contributed by atoms with van der Waals surface area (Å²) >= 11 is 0. The maximum Gasteiger partial charge on any atom is 0.142 e. The molecule has 0 radical (unpaired) electrons. The van der Waals surface area contributed by atoms with Crippen molar-refractivity contribution in [3.05, 3.63) is 12.2 Å². The van der Waals surface area contributed by atoms with E-state index in [0.717, 1.165) is 19.1 Å². The van der Waals surface area contributed by atoms with Crippen LogP contribution < -0.4 is 0 Å². The number of rotatable bonds is 7. The lowest BCUT2D eigenvalue weighted by molar-refractivity contribution is -0.104. The average Bonchev–Trinajstić information content (AvgIpc) is 2.06. The second-order valence-corrected chi connectivity index (χ2v) is 2.95. The zero-order valence-corrected chi connectivity index (χ0v) is 7.70. The Morgan fingerprint density at radius 2 is 2.17 bits per heavy atom. The molecule has 0 unspecified atom stereocenters. The Kier molecular flexibility index (Phi) is 8.02. The molecule has 0 saturated carbocycles. The lowest BCUT2D eigenvalue weighted by atomic mass is 10.1. The highest BCUT2D eigenvalue weighted by atomic mass is 16.3. The van der Waals surface area contributed by atoms with Crippen LogP contribution in [0.4, 0.5) is 0 Å². The van der Waals surface area contributed by atoms with Gasteiger partial charge in [0.2, 0.25) is 0 Å². The molecule has 0 aliphatic rings. The number of hydrogen-bond donors (Lipinski definition) is 1. The van der Waals surface area contributed by atoms with E-state index in [0.29, 0.717) is 6.42 Å². The first kappa shape index (κ1) is 11.4. The van der Waals surface area contributed by atoms with Gasteiger partial charge in [-0.3, -0.25) is 4.79 Å². The Hall–Kier alpha value is -0.630. The molecule has 0 fully saturated rings. The van der Waals surface area contributed by atoms with Gasteiger partial charge in [0, 0.05) is 0 Å². The SMILES string of the molecule is CCCCC[C@@H](O)C/C=C/C=O. The highest BCUT2D eigenvalue weighted by molar-refractivity contribution is 5.64. The summed E-state index contributed by atoms with van der Waals surface area (Å²) in [6.07, 6.45) is 8.48. The molecule has 2 nitrogen and oxygen atoms in total. The molecule has 0 aromatic carbocycles. The highest BCUT2D eigenvalue weighted by Gasteiger charge is 1.99. The second kappa shape index (κ2) is 8.47. The minimum absolute atomic E-state index is 0.271. The van der Waals surface area contributed by atoms with Crippen molar-refractivity contribution in [1.29, 1.82) is 0 Å². The van der Waals surface area contributed by atoms with Crippen molar-refractivity contribution < 1.29 is 9.90 Å². The van der Waals surface area contributed by atoms with E-state index in [4.69, 9.17) is 0 Å². The first-order chi connectivity index (χ1) is 5.81. The lowest BCUT2D eigenvalue weighted by Gasteiger charge is -2.05. The topological polar surface area (TPSA) is 37.3 Å². The summed E-state index contributed by atoms with van der Waals surface area (Å²) in [5.74, 6) is 0. The molecule has 0 bridgehead atoms. The van der Waals surface area contributed by atoms with Crippen LogP contribution in [0, 0.1) is 0 Å². The van der Waals surface area contributed by atoms with Crippen molar-refractivity contribution >= 4 is 6.29 Å². The molecule has 0 aliphatic carbocycles. The van der Waals surface area contributed by atoms with E-state index in [1.165, 1.54) is 18.9 Å². The number of aliphatic hydroxyl groups is 1. The van der Waals surface area contributed by atoms with E-state index in [1.54, 1.807) is 6.08 Å². The largest absolute Gasteiger partial charge is 0.393 e. The minimum atomic E-state index is -0.271. The molecular weight excluding hydrogens is 152 g/mol. The van der Waals surface area contributed by atoms with Crippen LogP contribution in [0.3, 0.4) is 0 Å². The maximum absolute atomic E-state index is 9.88. The molecule has 0 rings (SSSR count). The fraction of sp³-hybridized carbons (Fsp3) is 0.700. The first-order valence-corrected chi connectivity index (χ1v) is 4.59. The van der Waals surface area contributed by atoms with Gasteiger partial charge in [-0.15, -0.1) is 0 Å². The molecular formula is C10H18O2. The van der Waals surface area contributed by atoms with E-state index in [1.807, 2.05) is 0 Å². The quantitative estimate of drug-likeness (QED) is 0.361. The van der Waals surface area contributed by atoms with Crippen LogP contribution in [0.15, 0.2) is 12.2 Å². The standard InChI is InChI=1S/C10H18O2/c1-2-3-4-7-10(12)8-5-6-9-11/h5-6,9-10,12H,2-4,7-8H2,1H3/b6-5+/t10-/m1/s1. The van der Waals surface area contributed by atoms with Gasteiger partial charge < -0.3 is 5.11 Å². The van der Waals surface area contributed by atoms with E-state index >= 15 is 0 Å². The predicted molar refractivity (Wildman–Crippen MR) is 50.0 cm³/mol. The van der Waals surface area contributed by atoms with Gasteiger partial charge in [0.05, 0.1) is 6.10 Å². The molecule has 12 heavy (non-hydrogen) atoms. The van der Waals surface area contributed by atoms with Crippen LogP contribution in [-0.2, 0) is 4.79 Å². The number of hydrogen-bond acceptors (Lipinski definition) is 2. The van der Waals surface area contributed by atoms with E-state index < -0.39 is 0 Å². The van der Waals surface area contributed by atoms with Gasteiger partial charge in [-0.1, -0.05) is 32.3 Å². The third-order valence-electron chi connectivity index (χ3n) is 1.76. The van der Waals surface area contributed by atoms with E-state index in [2.05, 4.69) is 6.92 Å². The third-order valence-corrected chi connectivity index (χ3v) is 1.76. The van der Waals surface area contributed by atoms with Crippen LogP contribution in [0.25, 0.3) is 0 Å². The summed E-state index contributed by atoms with van der Waals surface area (Å²) in [5, 5.41) is 9.34. The van der Waals surface area contributed by atoms with E-state index in [9.17, 15) is 9.90 Å². The van der Waals surface area contributed by atoms with Crippen LogP contribution in [0.1, 0.15) is 39.0 Å². The second-order valence-electron chi connectivity index (χ2n) is 2.95. The van der Waals surface area contributed by atoms with Gasteiger partial charge in [-0.2, -0.15) is 0 Å². The third kappa shape index (κ3) is 7.48. The lowest BCUT2D eigenvalue weighted by Crippen LogP contribution is -2.04. The van der Waals surface area contributed by atoms with Gasteiger partial charge in [0.25, 0.3) is 0 Å². The average molecular weight is 170 g/mol. The summed E-state index contributed by atoms with van der Waals surface area (Å²) < 4.78 is 0. The molecule has 0 heterocycles. The molecule has 2 heteroatoms. The Balaban J connectivity index is 3.26. The smallest absolute Gasteiger partial charge is 0.142 e. The molecule has 0 spiro atoms. The number of unbranched alkanes of at least 4 members (excludes halogenated alkanes) is 2. The summed E-state index contributed by atoms with van der Waals surface area (Å²) in [7, 11) is 0. The first-order valence-electron chi connectivity index (χ1n) is 4.59. The van der Waals surface area contributed by atoms with Gasteiger partial charge in [-0.25, -0.2) is 0 Å². The van der Waals surface area contributed by atoms with Crippen LogP contribution in [0.5, 0.6) is 0 Å². The molecule has 0 aromatic heterocycles. The predicted octanol–water partition coefficient (Wildman–Crippen LogP) is 2.07. The number of aliphatic hydroxyl groups excluding tert-OH is 1. The highest BCUT2D eigenvalue weighted by Crippen LogP contribution is 2.06. The van der Waals surface area contributed by atoms with Crippen LogP contribution in [0.2, 0.25) is 0 Å². The Labute approximate surface area is 74.3 Å². The Morgan fingerprint density at radius 1 is 1.42 bits per heavy atom. The van der Waals surface area contributed by atoms with Crippen molar-refractivity contribution in [2.24, 2.45) is 0 Å². The summed E-state index contributed by atoms with van der Waals surface area (Å²) in [6, 6.07) is 0. The minimum Gasteiger partial charge on any atom is -0.393 e. The van der Waals surface area contributed by atoms with Crippen molar-refractivity contribution in [3.8, 4) is 0 Å². The molecule has 0 aromatic rings. The van der Waals surface area contributed by atoms with Gasteiger partial charge >= 0.3 is 0 Å². The van der Waals surface area contributed by atoms with Crippen LogP contribution >= 0.6 is 0 Å². The summed E-state index contributed by atoms with van der Waals surface area (Å²) in [5.41, 5.74) is 0. The maximum atomic E-state index is 9.88.